The normalized spacial score (nSPS) is 12.8. The third-order valence-corrected chi connectivity index (χ3v) is 3.32. The Balaban J connectivity index is 3.95. The number of rotatable bonds is 8. The van der Waals surface area contributed by atoms with E-state index in [2.05, 4.69) is 44.7 Å². The molecule has 0 aliphatic carbocycles. The molecule has 0 amide bonds. The van der Waals surface area contributed by atoms with Crippen molar-refractivity contribution >= 4 is 20.6 Å². The molecule has 0 heterocycles. The summed E-state index contributed by atoms with van der Waals surface area (Å²) >= 11 is 4.58. The molecule has 0 bridgehead atoms. The highest BCUT2D eigenvalue weighted by molar-refractivity contribution is 7.81. The maximum Gasteiger partial charge on any atom is 0.0589 e. The molecule has 0 fully saturated rings. The van der Waals surface area contributed by atoms with Crippen LogP contribution in [0.15, 0.2) is 0 Å². The number of ether oxygens (including phenoxy) is 1. The monoisotopic (exact) mass is 251 g/mol. The van der Waals surface area contributed by atoms with Gasteiger partial charge in [0.2, 0.25) is 0 Å². The molecule has 0 spiro atoms. The van der Waals surface area contributed by atoms with Crippen molar-refractivity contribution in [3.05, 3.63) is 0 Å². The van der Waals surface area contributed by atoms with Gasteiger partial charge in [-0.1, -0.05) is 0 Å². The quantitative estimate of drug-likeness (QED) is 0.525. The molecule has 2 nitrogen and oxygen atoms in total. The highest BCUT2D eigenvalue weighted by atomic mass is 32.1. The molecule has 0 atom stereocenters. The molecule has 0 radical (unpaired) electrons. The van der Waals surface area contributed by atoms with Gasteiger partial charge in [0.1, 0.15) is 0 Å². The first-order chi connectivity index (χ1) is 6.85. The zero-order chi connectivity index (χ0) is 11.9. The topological polar surface area (TPSA) is 12.5 Å². The minimum atomic E-state index is 0.0813. The molecule has 0 aromatic rings. The minimum absolute atomic E-state index is 0.0813. The second kappa shape index (κ2) is 7.89. The van der Waals surface area contributed by atoms with Gasteiger partial charge in [-0.3, -0.25) is 4.90 Å². The predicted molar refractivity (Wildman–Crippen MR) is 75.0 cm³/mol. The summed E-state index contributed by atoms with van der Waals surface area (Å²) in [4.78, 5) is 2.46. The van der Waals surface area contributed by atoms with Crippen LogP contribution in [0, 0.1) is 0 Å². The third kappa shape index (κ3) is 11.0. The number of nitrogens with zero attached hydrogens (tertiary/aromatic N) is 1. The molecule has 0 rings (SSSR count). The van der Waals surface area contributed by atoms with Gasteiger partial charge in [0.25, 0.3) is 0 Å². The summed E-state index contributed by atoms with van der Waals surface area (Å²) < 4.78 is 5.21. The van der Waals surface area contributed by atoms with Crippen molar-refractivity contribution in [1.82, 2.24) is 4.90 Å². The first-order valence-electron chi connectivity index (χ1n) is 5.43. The zero-order valence-electron chi connectivity index (χ0n) is 10.8. The number of hydrogen-bond donors (Lipinski definition) is 1. The van der Waals surface area contributed by atoms with E-state index in [4.69, 9.17) is 4.74 Å². The number of thiol groups is 1. The molecular formula is C11H26NOPS. The van der Waals surface area contributed by atoms with E-state index in [1.807, 2.05) is 0 Å². The number of hydrogen-bond acceptors (Lipinski definition) is 3. The molecule has 0 aliphatic heterocycles. The van der Waals surface area contributed by atoms with E-state index in [1.165, 1.54) is 12.7 Å². The molecule has 0 aliphatic rings. The van der Waals surface area contributed by atoms with Gasteiger partial charge in [-0.05, 0) is 33.3 Å². The van der Waals surface area contributed by atoms with Crippen LogP contribution in [0.2, 0.25) is 0 Å². The van der Waals surface area contributed by atoms with Crippen molar-refractivity contribution in [2.24, 2.45) is 0 Å². The molecule has 0 aromatic heterocycles. The maximum atomic E-state index is 5.13. The smallest absolute Gasteiger partial charge is 0.0589 e. The van der Waals surface area contributed by atoms with Gasteiger partial charge in [0.05, 0.1) is 6.61 Å². The highest BCUT2D eigenvalue weighted by Crippen LogP contribution is 2.24. The summed E-state index contributed by atoms with van der Waals surface area (Å²) in [6.45, 7) is 13.0. The van der Waals surface area contributed by atoms with Crippen LogP contribution >= 0.6 is 20.6 Å². The van der Waals surface area contributed by atoms with Crippen molar-refractivity contribution in [2.75, 3.05) is 52.8 Å². The van der Waals surface area contributed by atoms with E-state index in [0.717, 1.165) is 19.7 Å². The fourth-order valence-corrected chi connectivity index (χ4v) is 2.26. The SMILES string of the molecule is COCCN(CCP(C)C)CC(C)(C)S. The molecule has 0 N–H and O–H groups in total. The Labute approximate surface area is 102 Å². The lowest BCUT2D eigenvalue weighted by Gasteiger charge is -2.29. The second-order valence-corrected chi connectivity index (χ2v) is 8.70. The van der Waals surface area contributed by atoms with Crippen molar-refractivity contribution in [3.63, 3.8) is 0 Å². The Kier molecular flexibility index (Phi) is 8.26. The Bertz CT molecular complexity index is 159. The molecule has 0 saturated heterocycles. The third-order valence-electron chi connectivity index (χ3n) is 2.09. The Morgan fingerprint density at radius 1 is 1.27 bits per heavy atom. The van der Waals surface area contributed by atoms with Gasteiger partial charge in [-0.15, -0.1) is 7.92 Å². The summed E-state index contributed by atoms with van der Waals surface area (Å²) in [7, 11) is 1.96. The second-order valence-electron chi connectivity index (χ2n) is 4.88. The minimum Gasteiger partial charge on any atom is -0.383 e. The standard InChI is InChI=1S/C11H26NOPS/c1-11(2,15)10-12(6-8-13-3)7-9-14(4)5/h15H,6-10H2,1-5H3. The molecule has 0 saturated carbocycles. The average molecular weight is 251 g/mol. The van der Waals surface area contributed by atoms with Crippen LogP contribution in [0.5, 0.6) is 0 Å². The van der Waals surface area contributed by atoms with Crippen LogP contribution < -0.4 is 0 Å². The fraction of sp³-hybridized carbons (Fsp3) is 1.00. The van der Waals surface area contributed by atoms with Gasteiger partial charge in [-0.25, -0.2) is 0 Å². The van der Waals surface area contributed by atoms with Crippen LogP contribution in [-0.2, 0) is 4.74 Å². The van der Waals surface area contributed by atoms with Crippen molar-refractivity contribution in [2.45, 2.75) is 18.6 Å². The summed E-state index contributed by atoms with van der Waals surface area (Å²) in [6, 6.07) is 0. The Morgan fingerprint density at radius 2 is 1.87 bits per heavy atom. The Hall–Kier alpha value is 0.700. The maximum absolute atomic E-state index is 5.13. The summed E-state index contributed by atoms with van der Waals surface area (Å²) in [5.41, 5.74) is 0. The van der Waals surface area contributed by atoms with Crippen LogP contribution in [0.4, 0.5) is 0 Å². The Morgan fingerprint density at radius 3 is 2.27 bits per heavy atom. The first-order valence-corrected chi connectivity index (χ1v) is 8.30. The fourth-order valence-electron chi connectivity index (χ4n) is 1.38. The van der Waals surface area contributed by atoms with Crippen molar-refractivity contribution < 1.29 is 4.74 Å². The van der Waals surface area contributed by atoms with Crippen molar-refractivity contribution in [3.8, 4) is 0 Å². The summed E-state index contributed by atoms with van der Waals surface area (Å²) in [5.74, 6) is 0. The van der Waals surface area contributed by atoms with E-state index in [9.17, 15) is 0 Å². The van der Waals surface area contributed by atoms with Crippen molar-refractivity contribution in [1.29, 1.82) is 0 Å². The van der Waals surface area contributed by atoms with Gasteiger partial charge >= 0.3 is 0 Å². The van der Waals surface area contributed by atoms with Gasteiger partial charge < -0.3 is 4.74 Å². The molecular weight excluding hydrogens is 225 g/mol. The lowest BCUT2D eigenvalue weighted by Crippen LogP contribution is -2.38. The van der Waals surface area contributed by atoms with Crippen LogP contribution in [0.1, 0.15) is 13.8 Å². The number of methoxy groups -OCH3 is 1. The van der Waals surface area contributed by atoms with Gasteiger partial charge in [-0.2, -0.15) is 12.6 Å². The van der Waals surface area contributed by atoms with Crippen LogP contribution in [0.3, 0.4) is 0 Å². The average Bonchev–Trinajstić information content (AvgIpc) is 2.07. The lowest BCUT2D eigenvalue weighted by molar-refractivity contribution is 0.147. The lowest BCUT2D eigenvalue weighted by atomic mass is 10.2. The van der Waals surface area contributed by atoms with E-state index < -0.39 is 0 Å². The molecule has 15 heavy (non-hydrogen) atoms. The van der Waals surface area contributed by atoms with E-state index >= 15 is 0 Å². The molecule has 92 valence electrons. The predicted octanol–water partition coefficient (Wildman–Crippen LogP) is 2.38. The van der Waals surface area contributed by atoms with E-state index in [0.29, 0.717) is 0 Å². The van der Waals surface area contributed by atoms with Gasteiger partial charge in [0, 0.05) is 31.5 Å². The summed E-state index contributed by atoms with van der Waals surface area (Å²) in [6.07, 6.45) is 1.31. The molecule has 0 unspecified atom stereocenters. The molecule has 0 aromatic carbocycles. The van der Waals surface area contributed by atoms with Crippen LogP contribution in [-0.4, -0.2) is 62.5 Å². The van der Waals surface area contributed by atoms with E-state index in [1.54, 1.807) is 7.11 Å². The summed E-state index contributed by atoms with van der Waals surface area (Å²) in [5, 5.41) is 0. The highest BCUT2D eigenvalue weighted by Gasteiger charge is 2.16. The zero-order valence-corrected chi connectivity index (χ0v) is 12.6. The van der Waals surface area contributed by atoms with Crippen LogP contribution in [0.25, 0.3) is 0 Å². The van der Waals surface area contributed by atoms with Gasteiger partial charge in [0.15, 0.2) is 0 Å². The first kappa shape index (κ1) is 15.7. The molecule has 4 heteroatoms. The van der Waals surface area contributed by atoms with E-state index in [-0.39, 0.29) is 12.7 Å². The largest absolute Gasteiger partial charge is 0.383 e.